The standard InChI is InChI=1S/C22H22N2O4/c1-14(15-8-9-21(28-3)18(10-15)13-27-2)23-24-22(26)19-11-16-6-4-5-7-17(16)12-20(19)25/h4-12,25H,13H2,1-3H3,(H,24,26)/b23-14-. The third kappa shape index (κ3) is 4.13. The van der Waals surface area contributed by atoms with Crippen molar-refractivity contribution in [3.63, 3.8) is 0 Å². The summed E-state index contributed by atoms with van der Waals surface area (Å²) in [7, 11) is 3.22. The molecule has 0 unspecified atom stereocenters. The van der Waals surface area contributed by atoms with E-state index in [0.717, 1.165) is 27.6 Å². The maximum Gasteiger partial charge on any atom is 0.275 e. The Morgan fingerprint density at radius 1 is 1.07 bits per heavy atom. The predicted molar refractivity (Wildman–Crippen MR) is 109 cm³/mol. The van der Waals surface area contributed by atoms with Crippen molar-refractivity contribution < 1.29 is 19.4 Å². The number of carbonyl (C=O) groups is 1. The topological polar surface area (TPSA) is 80.2 Å². The van der Waals surface area contributed by atoms with Crippen LogP contribution in [0.2, 0.25) is 0 Å². The van der Waals surface area contributed by atoms with Gasteiger partial charge in [-0.1, -0.05) is 24.3 Å². The SMILES string of the molecule is COCc1cc(/C(C)=N\NC(=O)c2cc3ccccc3cc2O)ccc1OC. The number of phenolic OH excluding ortho intramolecular Hbond substituents is 1. The average Bonchev–Trinajstić information content (AvgIpc) is 2.71. The van der Waals surface area contributed by atoms with Gasteiger partial charge in [0.1, 0.15) is 11.5 Å². The molecule has 1 amide bonds. The molecular weight excluding hydrogens is 356 g/mol. The summed E-state index contributed by atoms with van der Waals surface area (Å²) in [5, 5.41) is 16.1. The maximum absolute atomic E-state index is 12.5. The van der Waals surface area contributed by atoms with Gasteiger partial charge in [-0.25, -0.2) is 5.43 Å². The molecule has 0 bridgehead atoms. The van der Waals surface area contributed by atoms with E-state index in [1.54, 1.807) is 33.3 Å². The molecule has 0 saturated heterocycles. The first-order chi connectivity index (χ1) is 13.5. The molecule has 0 fully saturated rings. The fourth-order valence-electron chi connectivity index (χ4n) is 2.94. The molecular formula is C22H22N2O4. The van der Waals surface area contributed by atoms with Gasteiger partial charge >= 0.3 is 0 Å². The van der Waals surface area contributed by atoms with Gasteiger partial charge in [0.15, 0.2) is 0 Å². The Labute approximate surface area is 163 Å². The molecule has 3 aromatic rings. The van der Waals surface area contributed by atoms with Gasteiger partial charge in [0.25, 0.3) is 5.91 Å². The Morgan fingerprint density at radius 3 is 2.46 bits per heavy atom. The number of ether oxygens (including phenoxy) is 2. The van der Waals surface area contributed by atoms with Gasteiger partial charge in [0.2, 0.25) is 0 Å². The van der Waals surface area contributed by atoms with E-state index in [9.17, 15) is 9.90 Å². The zero-order chi connectivity index (χ0) is 20.1. The molecule has 0 heterocycles. The first-order valence-corrected chi connectivity index (χ1v) is 8.76. The van der Waals surface area contributed by atoms with Crippen molar-refractivity contribution in [2.24, 2.45) is 5.10 Å². The Balaban J connectivity index is 1.82. The molecule has 0 saturated carbocycles. The van der Waals surface area contributed by atoms with E-state index in [1.807, 2.05) is 42.5 Å². The van der Waals surface area contributed by atoms with Gasteiger partial charge in [-0.2, -0.15) is 5.10 Å². The summed E-state index contributed by atoms with van der Waals surface area (Å²) in [5.74, 6) is 0.160. The van der Waals surface area contributed by atoms with Crippen LogP contribution in [0.5, 0.6) is 11.5 Å². The summed E-state index contributed by atoms with van der Waals surface area (Å²) in [6.45, 7) is 2.19. The molecule has 6 heteroatoms. The number of aromatic hydroxyl groups is 1. The van der Waals surface area contributed by atoms with Crippen LogP contribution >= 0.6 is 0 Å². The largest absolute Gasteiger partial charge is 0.507 e. The van der Waals surface area contributed by atoms with Gasteiger partial charge < -0.3 is 14.6 Å². The highest BCUT2D eigenvalue weighted by Gasteiger charge is 2.13. The van der Waals surface area contributed by atoms with Gasteiger partial charge in [0.05, 0.1) is 25.0 Å². The molecule has 0 radical (unpaired) electrons. The summed E-state index contributed by atoms with van der Waals surface area (Å²) in [6.07, 6.45) is 0. The van der Waals surface area contributed by atoms with Crippen molar-refractivity contribution in [1.29, 1.82) is 0 Å². The fraction of sp³-hybridized carbons (Fsp3) is 0.182. The van der Waals surface area contributed by atoms with Crippen molar-refractivity contribution in [3.05, 3.63) is 71.3 Å². The lowest BCUT2D eigenvalue weighted by atomic mass is 10.1. The molecule has 144 valence electrons. The lowest BCUT2D eigenvalue weighted by Gasteiger charge is -2.10. The molecule has 0 aromatic heterocycles. The van der Waals surface area contributed by atoms with E-state index in [0.29, 0.717) is 12.3 Å². The molecule has 3 rings (SSSR count). The Hall–Kier alpha value is -3.38. The summed E-state index contributed by atoms with van der Waals surface area (Å²) in [5.41, 5.74) is 5.01. The second-order valence-electron chi connectivity index (χ2n) is 6.31. The highest BCUT2D eigenvalue weighted by Crippen LogP contribution is 2.25. The molecule has 0 spiro atoms. The molecule has 2 N–H and O–H groups in total. The third-order valence-electron chi connectivity index (χ3n) is 4.43. The minimum atomic E-state index is -0.478. The van der Waals surface area contributed by atoms with Gasteiger partial charge in [-0.05, 0) is 53.6 Å². The quantitative estimate of drug-likeness (QED) is 0.504. The first kappa shape index (κ1) is 19.4. The monoisotopic (exact) mass is 378 g/mol. The smallest absolute Gasteiger partial charge is 0.275 e. The number of hydrogen-bond acceptors (Lipinski definition) is 5. The van der Waals surface area contributed by atoms with Gasteiger partial charge in [-0.15, -0.1) is 0 Å². The van der Waals surface area contributed by atoms with Crippen LogP contribution in [-0.2, 0) is 11.3 Å². The number of methoxy groups -OCH3 is 2. The molecule has 0 aliphatic heterocycles. The van der Waals surface area contributed by atoms with Crippen LogP contribution in [0.1, 0.15) is 28.4 Å². The maximum atomic E-state index is 12.5. The van der Waals surface area contributed by atoms with Crippen molar-refractivity contribution in [3.8, 4) is 11.5 Å². The molecule has 28 heavy (non-hydrogen) atoms. The van der Waals surface area contributed by atoms with Crippen LogP contribution in [0.15, 0.2) is 59.7 Å². The molecule has 3 aromatic carbocycles. The number of fused-ring (bicyclic) bond motifs is 1. The predicted octanol–water partition coefficient (Wildman–Crippen LogP) is 3.85. The van der Waals surface area contributed by atoms with Crippen molar-refractivity contribution >= 4 is 22.4 Å². The van der Waals surface area contributed by atoms with E-state index in [4.69, 9.17) is 9.47 Å². The van der Waals surface area contributed by atoms with E-state index in [-0.39, 0.29) is 11.3 Å². The highest BCUT2D eigenvalue weighted by atomic mass is 16.5. The zero-order valence-electron chi connectivity index (χ0n) is 16.0. The normalized spacial score (nSPS) is 11.5. The number of nitrogens with one attached hydrogen (secondary N) is 1. The number of hydrazone groups is 1. The van der Waals surface area contributed by atoms with Crippen LogP contribution in [0.3, 0.4) is 0 Å². The number of phenols is 1. The second kappa shape index (κ2) is 8.54. The number of hydrogen-bond donors (Lipinski definition) is 2. The average molecular weight is 378 g/mol. The second-order valence-corrected chi connectivity index (χ2v) is 6.31. The van der Waals surface area contributed by atoms with Crippen molar-refractivity contribution in [2.75, 3.05) is 14.2 Å². The Morgan fingerprint density at radius 2 is 1.79 bits per heavy atom. The first-order valence-electron chi connectivity index (χ1n) is 8.76. The Bertz CT molecular complexity index is 1040. The van der Waals surface area contributed by atoms with E-state index >= 15 is 0 Å². The summed E-state index contributed by atoms with van der Waals surface area (Å²) < 4.78 is 10.5. The number of nitrogens with zero attached hydrogens (tertiary/aromatic N) is 1. The van der Waals surface area contributed by atoms with E-state index in [1.165, 1.54) is 0 Å². The minimum Gasteiger partial charge on any atom is -0.507 e. The highest BCUT2D eigenvalue weighted by molar-refractivity contribution is 6.03. The number of carbonyl (C=O) groups excluding carboxylic acids is 1. The number of amides is 1. The van der Waals surface area contributed by atoms with Crippen LogP contribution in [0.25, 0.3) is 10.8 Å². The summed E-state index contributed by atoms with van der Waals surface area (Å²) >= 11 is 0. The zero-order valence-corrected chi connectivity index (χ0v) is 16.0. The van der Waals surface area contributed by atoms with Crippen LogP contribution in [-0.4, -0.2) is 30.9 Å². The lowest BCUT2D eigenvalue weighted by Crippen LogP contribution is -2.19. The van der Waals surface area contributed by atoms with Gasteiger partial charge in [-0.3, -0.25) is 4.79 Å². The van der Waals surface area contributed by atoms with Gasteiger partial charge in [0, 0.05) is 12.7 Å². The van der Waals surface area contributed by atoms with Crippen molar-refractivity contribution in [2.45, 2.75) is 13.5 Å². The number of rotatable bonds is 6. The van der Waals surface area contributed by atoms with Crippen molar-refractivity contribution in [1.82, 2.24) is 5.43 Å². The summed E-state index contributed by atoms with van der Waals surface area (Å²) in [6, 6.07) is 16.3. The molecule has 6 nitrogen and oxygen atoms in total. The molecule has 0 aliphatic carbocycles. The molecule has 0 aliphatic rings. The third-order valence-corrected chi connectivity index (χ3v) is 4.43. The molecule has 0 atom stereocenters. The van der Waals surface area contributed by atoms with Crippen LogP contribution in [0.4, 0.5) is 0 Å². The lowest BCUT2D eigenvalue weighted by molar-refractivity contribution is 0.0952. The summed E-state index contributed by atoms with van der Waals surface area (Å²) in [4.78, 5) is 12.5. The van der Waals surface area contributed by atoms with E-state index < -0.39 is 5.91 Å². The fourth-order valence-corrected chi connectivity index (χ4v) is 2.94. The Kier molecular flexibility index (Phi) is 5.91. The van der Waals surface area contributed by atoms with Crippen LogP contribution in [0, 0.1) is 0 Å². The van der Waals surface area contributed by atoms with E-state index in [2.05, 4.69) is 10.5 Å². The number of benzene rings is 3. The minimum absolute atomic E-state index is 0.0871. The van der Waals surface area contributed by atoms with Crippen LogP contribution < -0.4 is 10.2 Å².